The number of hydrogen-bond donors (Lipinski definition) is 1. The van der Waals surface area contributed by atoms with Gasteiger partial charge in [0.1, 0.15) is 12.3 Å². The Labute approximate surface area is 168 Å². The molecule has 1 fully saturated rings. The maximum absolute atomic E-state index is 13.2. The van der Waals surface area contributed by atoms with Gasteiger partial charge >= 0.3 is 0 Å². The number of aromatic nitrogens is 1. The van der Waals surface area contributed by atoms with Crippen molar-refractivity contribution < 1.29 is 28.3 Å². The van der Waals surface area contributed by atoms with Crippen LogP contribution in [0.4, 0.5) is 5.82 Å². The number of nitrogens with one attached hydrogen (secondary N) is 1. The topological polar surface area (TPSA) is 103 Å². The second-order valence-corrected chi connectivity index (χ2v) is 6.91. The molecule has 0 bridgehead atoms. The molecule has 9 nitrogen and oxygen atoms in total. The van der Waals surface area contributed by atoms with Gasteiger partial charge in [-0.2, -0.15) is 0 Å². The monoisotopic (exact) mass is 403 g/mol. The molecular weight excluding hydrogens is 378 g/mol. The van der Waals surface area contributed by atoms with Gasteiger partial charge < -0.3 is 29.0 Å². The molecule has 1 saturated carbocycles. The Hall–Kier alpha value is -3.23. The van der Waals surface area contributed by atoms with Crippen molar-refractivity contribution in [2.75, 3.05) is 39.7 Å². The summed E-state index contributed by atoms with van der Waals surface area (Å²) in [4.78, 5) is 27.2. The molecule has 29 heavy (non-hydrogen) atoms. The van der Waals surface area contributed by atoms with Crippen LogP contribution in [0.1, 0.15) is 29.0 Å². The molecule has 2 aromatic rings. The molecule has 156 valence electrons. The van der Waals surface area contributed by atoms with E-state index in [0.29, 0.717) is 46.9 Å². The van der Waals surface area contributed by atoms with Crippen LogP contribution in [0, 0.1) is 12.8 Å². The van der Waals surface area contributed by atoms with Crippen molar-refractivity contribution >= 4 is 17.6 Å². The summed E-state index contributed by atoms with van der Waals surface area (Å²) in [6.45, 7) is 2.13. The molecular formula is C20H25N3O6. The smallest absolute Gasteiger partial charge is 0.254 e. The summed E-state index contributed by atoms with van der Waals surface area (Å²) in [6.07, 6.45) is 2.09. The zero-order valence-corrected chi connectivity index (χ0v) is 17.0. The normalized spacial score (nSPS) is 13.0. The molecule has 1 aromatic carbocycles. The number of hydrogen-bond acceptors (Lipinski definition) is 7. The molecule has 3 rings (SSSR count). The third-order valence-corrected chi connectivity index (χ3v) is 4.60. The predicted octanol–water partition coefficient (Wildman–Crippen LogP) is 2.50. The minimum absolute atomic E-state index is 0.0993. The maximum Gasteiger partial charge on any atom is 0.254 e. The first kappa shape index (κ1) is 20.5. The van der Waals surface area contributed by atoms with Crippen LogP contribution in [0.3, 0.4) is 0 Å². The number of ether oxygens (including phenoxy) is 3. The number of methoxy groups -OCH3 is 3. The van der Waals surface area contributed by atoms with Gasteiger partial charge in [0.15, 0.2) is 17.3 Å². The van der Waals surface area contributed by atoms with Gasteiger partial charge in [-0.3, -0.25) is 9.59 Å². The number of anilines is 1. The highest BCUT2D eigenvalue weighted by Crippen LogP contribution is 2.39. The summed E-state index contributed by atoms with van der Waals surface area (Å²) in [6, 6.07) is 4.79. The van der Waals surface area contributed by atoms with Gasteiger partial charge in [0, 0.05) is 18.2 Å². The van der Waals surface area contributed by atoms with Crippen molar-refractivity contribution in [3.8, 4) is 17.2 Å². The summed E-state index contributed by atoms with van der Waals surface area (Å²) >= 11 is 0. The number of carbonyl (C=O) groups is 2. The third kappa shape index (κ3) is 4.98. The molecule has 9 heteroatoms. The highest BCUT2D eigenvalue weighted by Gasteiger charge is 2.30. The fourth-order valence-electron chi connectivity index (χ4n) is 3.00. The fraction of sp³-hybridized carbons (Fsp3) is 0.450. The lowest BCUT2D eigenvalue weighted by atomic mass is 10.1. The number of rotatable bonds is 9. The first-order valence-electron chi connectivity index (χ1n) is 9.27. The largest absolute Gasteiger partial charge is 0.493 e. The van der Waals surface area contributed by atoms with E-state index < -0.39 is 0 Å². The van der Waals surface area contributed by atoms with Crippen molar-refractivity contribution in [1.82, 2.24) is 10.1 Å². The number of aryl methyl sites for hydroxylation is 1. The van der Waals surface area contributed by atoms with Crippen molar-refractivity contribution in [3.05, 3.63) is 29.5 Å². The molecule has 0 saturated heterocycles. The highest BCUT2D eigenvalue weighted by molar-refractivity contribution is 6.00. The van der Waals surface area contributed by atoms with E-state index in [-0.39, 0.29) is 18.4 Å². The highest BCUT2D eigenvalue weighted by atomic mass is 16.5. The SMILES string of the molecule is COc1cc(C(=O)N(CC(=O)Nc2cc(C)on2)CC2CC2)cc(OC)c1OC. The summed E-state index contributed by atoms with van der Waals surface area (Å²) in [5.41, 5.74) is 0.352. The first-order valence-corrected chi connectivity index (χ1v) is 9.27. The van der Waals surface area contributed by atoms with E-state index in [0.717, 1.165) is 12.8 Å². The van der Waals surface area contributed by atoms with Gasteiger partial charge in [0.25, 0.3) is 5.91 Å². The lowest BCUT2D eigenvalue weighted by molar-refractivity contribution is -0.117. The minimum atomic E-state index is -0.347. The van der Waals surface area contributed by atoms with Crippen LogP contribution in [0.25, 0.3) is 0 Å². The summed E-state index contributed by atoms with van der Waals surface area (Å²) < 4.78 is 20.9. The van der Waals surface area contributed by atoms with Crippen molar-refractivity contribution in [2.45, 2.75) is 19.8 Å². The van der Waals surface area contributed by atoms with E-state index in [9.17, 15) is 9.59 Å². The van der Waals surface area contributed by atoms with Crippen LogP contribution >= 0.6 is 0 Å². The van der Waals surface area contributed by atoms with Crippen LogP contribution in [0.2, 0.25) is 0 Å². The Kier molecular flexibility index (Phi) is 6.26. The van der Waals surface area contributed by atoms with Crippen LogP contribution < -0.4 is 19.5 Å². The molecule has 1 aliphatic carbocycles. The van der Waals surface area contributed by atoms with Gasteiger partial charge in [-0.15, -0.1) is 0 Å². The number of benzene rings is 1. The van der Waals surface area contributed by atoms with E-state index >= 15 is 0 Å². The lowest BCUT2D eigenvalue weighted by Gasteiger charge is -2.23. The van der Waals surface area contributed by atoms with E-state index in [1.165, 1.54) is 26.2 Å². The van der Waals surface area contributed by atoms with E-state index in [1.807, 2.05) is 0 Å². The maximum atomic E-state index is 13.2. The van der Waals surface area contributed by atoms with E-state index in [1.54, 1.807) is 25.1 Å². The standard InChI is InChI=1S/C20H25N3O6/c1-12-7-17(22-29-12)21-18(24)11-23(10-13-5-6-13)20(25)14-8-15(26-2)19(28-4)16(9-14)27-3/h7-9,13H,5-6,10-11H2,1-4H3,(H,21,22,24). The van der Waals surface area contributed by atoms with Crippen molar-refractivity contribution in [3.63, 3.8) is 0 Å². The van der Waals surface area contributed by atoms with Gasteiger partial charge in [-0.05, 0) is 37.8 Å². The van der Waals surface area contributed by atoms with Crippen LogP contribution in [-0.4, -0.2) is 56.3 Å². The Balaban J connectivity index is 1.80. The third-order valence-electron chi connectivity index (χ3n) is 4.60. The van der Waals surface area contributed by atoms with Gasteiger partial charge in [-0.25, -0.2) is 0 Å². The molecule has 1 N–H and O–H groups in total. The van der Waals surface area contributed by atoms with E-state index in [2.05, 4.69) is 10.5 Å². The molecule has 0 aliphatic heterocycles. The number of amides is 2. The quantitative estimate of drug-likeness (QED) is 0.686. The molecule has 0 atom stereocenters. The zero-order chi connectivity index (χ0) is 21.0. The van der Waals surface area contributed by atoms with E-state index in [4.69, 9.17) is 18.7 Å². The fourth-order valence-corrected chi connectivity index (χ4v) is 3.00. The van der Waals surface area contributed by atoms with Crippen LogP contribution in [-0.2, 0) is 4.79 Å². The molecule has 0 unspecified atom stereocenters. The zero-order valence-electron chi connectivity index (χ0n) is 17.0. The molecule has 1 aliphatic rings. The molecule has 2 amide bonds. The Morgan fingerprint density at radius 1 is 1.14 bits per heavy atom. The number of nitrogens with zero attached hydrogens (tertiary/aromatic N) is 2. The van der Waals surface area contributed by atoms with Gasteiger partial charge in [0.05, 0.1) is 21.3 Å². The average Bonchev–Trinajstić information content (AvgIpc) is 3.45. The second-order valence-electron chi connectivity index (χ2n) is 6.91. The summed E-state index contributed by atoms with van der Waals surface area (Å²) in [7, 11) is 4.47. The lowest BCUT2D eigenvalue weighted by Crippen LogP contribution is -2.39. The van der Waals surface area contributed by atoms with Crippen LogP contribution in [0.5, 0.6) is 17.2 Å². The molecule has 0 radical (unpaired) electrons. The minimum Gasteiger partial charge on any atom is -0.493 e. The molecule has 0 spiro atoms. The summed E-state index contributed by atoms with van der Waals surface area (Å²) in [5.74, 6) is 1.83. The van der Waals surface area contributed by atoms with Crippen molar-refractivity contribution in [2.24, 2.45) is 5.92 Å². The Morgan fingerprint density at radius 2 is 1.79 bits per heavy atom. The first-order chi connectivity index (χ1) is 13.9. The predicted molar refractivity (Wildman–Crippen MR) is 105 cm³/mol. The molecule has 1 aromatic heterocycles. The number of carbonyl (C=O) groups excluding carboxylic acids is 2. The Morgan fingerprint density at radius 3 is 2.28 bits per heavy atom. The van der Waals surface area contributed by atoms with Gasteiger partial charge in [0.2, 0.25) is 11.7 Å². The Bertz CT molecular complexity index is 865. The second kappa shape index (κ2) is 8.85. The summed E-state index contributed by atoms with van der Waals surface area (Å²) in [5, 5.41) is 6.40. The average molecular weight is 403 g/mol. The van der Waals surface area contributed by atoms with Crippen molar-refractivity contribution in [1.29, 1.82) is 0 Å². The molecule has 1 heterocycles. The van der Waals surface area contributed by atoms with Gasteiger partial charge in [-0.1, -0.05) is 5.16 Å². The van der Waals surface area contributed by atoms with Crippen LogP contribution in [0.15, 0.2) is 22.7 Å².